The van der Waals surface area contributed by atoms with E-state index >= 15 is 0 Å². The summed E-state index contributed by atoms with van der Waals surface area (Å²) >= 11 is 0. The zero-order valence-electron chi connectivity index (χ0n) is 11.7. The van der Waals surface area contributed by atoms with Crippen molar-refractivity contribution in [2.45, 2.75) is 24.4 Å². The van der Waals surface area contributed by atoms with Gasteiger partial charge in [0.1, 0.15) is 5.60 Å². The molecule has 0 radical (unpaired) electrons. The number of carbonyl (C=O) groups is 2. The number of aliphatic hydroxyl groups excluding tert-OH is 1. The second kappa shape index (κ2) is 4.88. The highest BCUT2D eigenvalue weighted by atomic mass is 16.7. The molecule has 1 aliphatic carbocycles. The molecular weight excluding hydrogens is 282 g/mol. The van der Waals surface area contributed by atoms with E-state index in [1.165, 1.54) is 20.4 Å². The highest BCUT2D eigenvalue weighted by molar-refractivity contribution is 5.89. The van der Waals surface area contributed by atoms with Crippen LogP contribution in [0.15, 0.2) is 11.8 Å². The van der Waals surface area contributed by atoms with Gasteiger partial charge < -0.3 is 29.4 Å². The maximum Gasteiger partial charge on any atom is 0.409 e. The molecule has 1 saturated heterocycles. The monoisotopic (exact) mass is 299 g/mol. The lowest BCUT2D eigenvalue weighted by atomic mass is 9.81. The van der Waals surface area contributed by atoms with E-state index in [1.807, 2.05) is 0 Å². The lowest BCUT2D eigenvalue weighted by Crippen LogP contribution is -2.46. The van der Waals surface area contributed by atoms with Gasteiger partial charge >= 0.3 is 12.1 Å². The first-order valence-corrected chi connectivity index (χ1v) is 6.68. The molecule has 0 aromatic carbocycles. The Bertz CT molecular complexity index is 501. The number of ether oxygens (including phenoxy) is 4. The van der Waals surface area contributed by atoms with Crippen LogP contribution in [-0.2, 0) is 23.7 Å². The average molecular weight is 299 g/mol. The Kier molecular flexibility index (Phi) is 3.29. The fourth-order valence-corrected chi connectivity index (χ4v) is 3.37. The van der Waals surface area contributed by atoms with Crippen molar-refractivity contribution in [3.8, 4) is 0 Å². The Morgan fingerprint density at radius 2 is 2.33 bits per heavy atom. The molecule has 3 aliphatic rings. The largest absolute Gasteiger partial charge is 0.466 e. The number of nitrogens with one attached hydrogen (secondary N) is 1. The summed E-state index contributed by atoms with van der Waals surface area (Å²) in [5.41, 5.74) is -0.431. The third-order valence-corrected chi connectivity index (χ3v) is 4.43. The Morgan fingerprint density at radius 3 is 2.95 bits per heavy atom. The summed E-state index contributed by atoms with van der Waals surface area (Å²) in [6, 6.07) is 0. The van der Waals surface area contributed by atoms with Gasteiger partial charge in [-0.3, -0.25) is 0 Å². The van der Waals surface area contributed by atoms with Gasteiger partial charge in [-0.25, -0.2) is 9.59 Å². The minimum absolute atomic E-state index is 0.164. The van der Waals surface area contributed by atoms with Crippen molar-refractivity contribution in [3.05, 3.63) is 11.8 Å². The summed E-state index contributed by atoms with van der Waals surface area (Å²) in [6.07, 6.45) is 0.108. The number of alkyl carbamates (subject to hydrolysis) is 1. The number of carbonyl (C=O) groups excluding carboxylic acids is 2. The molecule has 8 nitrogen and oxygen atoms in total. The second-order valence-electron chi connectivity index (χ2n) is 5.31. The molecule has 2 N–H and O–H groups in total. The number of fused-ring (bicyclic) bond motifs is 3. The normalized spacial score (nSPS) is 39.3. The number of methoxy groups -OCH3 is 1. The molecule has 1 saturated carbocycles. The van der Waals surface area contributed by atoms with Gasteiger partial charge in [0.15, 0.2) is 0 Å². The van der Waals surface area contributed by atoms with Crippen LogP contribution >= 0.6 is 0 Å². The molecule has 2 fully saturated rings. The fourth-order valence-electron chi connectivity index (χ4n) is 3.37. The van der Waals surface area contributed by atoms with E-state index in [0.717, 1.165) is 0 Å². The summed E-state index contributed by atoms with van der Waals surface area (Å²) < 4.78 is 20.9. The van der Waals surface area contributed by atoms with E-state index in [-0.39, 0.29) is 18.6 Å². The summed E-state index contributed by atoms with van der Waals surface area (Å²) in [7, 11) is 2.73. The van der Waals surface area contributed by atoms with Gasteiger partial charge in [-0.1, -0.05) is 0 Å². The average Bonchev–Trinajstić information content (AvgIpc) is 3.11. The first-order valence-electron chi connectivity index (χ1n) is 6.68. The van der Waals surface area contributed by atoms with Gasteiger partial charge in [0.05, 0.1) is 37.6 Å². The van der Waals surface area contributed by atoms with Crippen molar-refractivity contribution in [2.75, 3.05) is 20.8 Å². The Hall–Kier alpha value is -1.80. The molecule has 0 aromatic rings. The van der Waals surface area contributed by atoms with Gasteiger partial charge in [-0.05, 0) is 6.42 Å². The van der Waals surface area contributed by atoms with Crippen molar-refractivity contribution in [1.82, 2.24) is 5.32 Å². The highest BCUT2D eigenvalue weighted by Crippen LogP contribution is 2.61. The van der Waals surface area contributed by atoms with E-state index in [9.17, 15) is 14.7 Å². The number of epoxide rings is 1. The van der Waals surface area contributed by atoms with Crippen LogP contribution in [0.25, 0.3) is 0 Å². The van der Waals surface area contributed by atoms with Crippen molar-refractivity contribution >= 4 is 12.1 Å². The topological polar surface area (TPSA) is 107 Å². The number of amides is 1. The van der Waals surface area contributed by atoms with Gasteiger partial charge in [-0.15, -0.1) is 0 Å². The van der Waals surface area contributed by atoms with Gasteiger partial charge in [0, 0.05) is 13.0 Å². The van der Waals surface area contributed by atoms with Crippen molar-refractivity contribution in [1.29, 1.82) is 0 Å². The predicted octanol–water partition coefficient (Wildman–Crippen LogP) is -0.478. The minimum Gasteiger partial charge on any atom is -0.466 e. The van der Waals surface area contributed by atoms with Crippen LogP contribution < -0.4 is 5.32 Å². The Labute approximate surface area is 121 Å². The number of aliphatic hydroxyl groups is 1. The molecule has 0 aromatic heterocycles. The predicted molar refractivity (Wildman–Crippen MR) is 66.8 cm³/mol. The molecule has 1 amide bonds. The lowest BCUT2D eigenvalue weighted by Gasteiger charge is -2.36. The lowest BCUT2D eigenvalue weighted by molar-refractivity contribution is -0.153. The van der Waals surface area contributed by atoms with E-state index in [1.54, 1.807) is 0 Å². The SMILES string of the molecule is CNC(=O)O[C@@H]1OC=C(C(=O)OC)[C@H]2C[C@@H]3O[C@@]3(CO)[C@H]12. The van der Waals surface area contributed by atoms with Crippen LogP contribution in [0, 0.1) is 11.8 Å². The standard InChI is InChI=1S/C13H17NO7/c1-14-12(17)20-11-9-6(3-8-13(9,5-15)21-8)7(4-19-11)10(16)18-2/h4,6,8-9,11,15H,3,5H2,1-2H3,(H,14,17)/t6-,8+,9+,11+,13-/m1/s1. The molecule has 0 unspecified atom stereocenters. The van der Waals surface area contributed by atoms with Crippen LogP contribution in [-0.4, -0.2) is 55.9 Å². The molecule has 0 bridgehead atoms. The molecule has 5 atom stereocenters. The Balaban J connectivity index is 1.89. The quantitative estimate of drug-likeness (QED) is 0.535. The molecule has 21 heavy (non-hydrogen) atoms. The van der Waals surface area contributed by atoms with Crippen LogP contribution in [0.1, 0.15) is 6.42 Å². The van der Waals surface area contributed by atoms with Crippen LogP contribution in [0.4, 0.5) is 4.79 Å². The van der Waals surface area contributed by atoms with Crippen LogP contribution in [0.2, 0.25) is 0 Å². The fraction of sp³-hybridized carbons (Fsp3) is 0.692. The zero-order valence-corrected chi connectivity index (χ0v) is 11.7. The van der Waals surface area contributed by atoms with Crippen molar-refractivity contribution in [3.63, 3.8) is 0 Å². The van der Waals surface area contributed by atoms with Crippen LogP contribution in [0.3, 0.4) is 0 Å². The third-order valence-electron chi connectivity index (χ3n) is 4.43. The maximum atomic E-state index is 11.8. The summed E-state index contributed by atoms with van der Waals surface area (Å²) in [5, 5.41) is 12.0. The first-order chi connectivity index (χ1) is 10.1. The van der Waals surface area contributed by atoms with Crippen molar-refractivity contribution < 1.29 is 33.6 Å². The maximum absolute atomic E-state index is 11.8. The Morgan fingerprint density at radius 1 is 1.57 bits per heavy atom. The molecule has 116 valence electrons. The molecule has 2 heterocycles. The molecule has 8 heteroatoms. The molecule has 0 spiro atoms. The smallest absolute Gasteiger partial charge is 0.409 e. The highest BCUT2D eigenvalue weighted by Gasteiger charge is 2.73. The van der Waals surface area contributed by atoms with Gasteiger partial charge in [-0.2, -0.15) is 0 Å². The number of hydrogen-bond donors (Lipinski definition) is 2. The second-order valence-corrected chi connectivity index (χ2v) is 5.31. The summed E-state index contributed by atoms with van der Waals surface area (Å²) in [4.78, 5) is 23.2. The van der Waals surface area contributed by atoms with Crippen LogP contribution in [0.5, 0.6) is 0 Å². The van der Waals surface area contributed by atoms with E-state index in [4.69, 9.17) is 18.9 Å². The van der Waals surface area contributed by atoms with Gasteiger partial charge in [0.25, 0.3) is 6.29 Å². The number of esters is 1. The minimum atomic E-state index is -0.914. The van der Waals surface area contributed by atoms with E-state index in [2.05, 4.69) is 5.32 Å². The van der Waals surface area contributed by atoms with E-state index in [0.29, 0.717) is 12.0 Å². The summed E-state index contributed by atoms with van der Waals surface area (Å²) in [5.74, 6) is -1.16. The molecule has 2 aliphatic heterocycles. The van der Waals surface area contributed by atoms with Crippen molar-refractivity contribution in [2.24, 2.45) is 11.8 Å². The molecular formula is C13H17NO7. The number of hydrogen-bond acceptors (Lipinski definition) is 7. The third kappa shape index (κ3) is 1.97. The summed E-state index contributed by atoms with van der Waals surface area (Å²) in [6.45, 7) is -0.218. The van der Waals surface area contributed by atoms with Gasteiger partial charge in [0.2, 0.25) is 0 Å². The first kappa shape index (κ1) is 14.2. The zero-order chi connectivity index (χ0) is 15.2. The van der Waals surface area contributed by atoms with E-state index < -0.39 is 29.9 Å². The number of rotatable bonds is 3. The molecule has 3 rings (SSSR count).